The summed E-state index contributed by atoms with van der Waals surface area (Å²) in [7, 11) is 0. The molecule has 7 nitrogen and oxygen atoms in total. The molecule has 0 aliphatic carbocycles. The van der Waals surface area contributed by atoms with E-state index in [0.717, 1.165) is 9.78 Å². The van der Waals surface area contributed by atoms with Crippen LogP contribution in [0.2, 0.25) is 0 Å². The molecule has 1 heterocycles. The Morgan fingerprint density at radius 3 is 2.15 bits per heavy atom. The monoisotopic (exact) mass is 300 g/mol. The van der Waals surface area contributed by atoms with E-state index in [-0.39, 0.29) is 0 Å². The number of carbonyl (C=O) groups is 3. The van der Waals surface area contributed by atoms with Crippen molar-refractivity contribution in [1.82, 2.24) is 9.80 Å². The Balaban J connectivity index is 2.78. The zero-order valence-corrected chi connectivity index (χ0v) is 11.8. The zero-order chi connectivity index (χ0) is 15.1. The van der Waals surface area contributed by atoms with Crippen molar-refractivity contribution in [3.8, 4) is 0 Å². The van der Waals surface area contributed by atoms with Gasteiger partial charge in [0.15, 0.2) is 0 Å². The molecule has 0 fully saturated rings. The van der Waals surface area contributed by atoms with Crippen molar-refractivity contribution in [2.75, 3.05) is 19.6 Å². The van der Waals surface area contributed by atoms with Crippen LogP contribution in [0.15, 0.2) is 17.5 Å². The van der Waals surface area contributed by atoms with Gasteiger partial charge in [0.1, 0.15) is 13.1 Å². The van der Waals surface area contributed by atoms with Gasteiger partial charge in [-0.05, 0) is 18.4 Å². The molecule has 8 heteroatoms. The lowest BCUT2D eigenvalue weighted by Gasteiger charge is -2.27. The molecule has 0 atom stereocenters. The minimum atomic E-state index is -1.24. The van der Waals surface area contributed by atoms with Gasteiger partial charge < -0.3 is 20.0 Å². The summed E-state index contributed by atoms with van der Waals surface area (Å²) in [6.45, 7) is 1.19. The Morgan fingerprint density at radius 2 is 1.75 bits per heavy atom. The van der Waals surface area contributed by atoms with Gasteiger partial charge in [0.05, 0.1) is 6.54 Å². The van der Waals surface area contributed by atoms with Crippen LogP contribution in [0.1, 0.15) is 11.8 Å². The molecule has 1 aromatic rings. The van der Waals surface area contributed by atoms with Gasteiger partial charge in [-0.1, -0.05) is 6.07 Å². The summed E-state index contributed by atoms with van der Waals surface area (Å²) >= 11 is 1.48. The fraction of sp³-hybridized carbons (Fsp3) is 0.417. The third-order valence-corrected chi connectivity index (χ3v) is 3.36. The van der Waals surface area contributed by atoms with E-state index < -0.39 is 31.1 Å². The molecule has 0 unspecified atom stereocenters. The molecule has 1 aromatic heterocycles. The van der Waals surface area contributed by atoms with Crippen molar-refractivity contribution < 1.29 is 24.6 Å². The lowest BCUT2D eigenvalue weighted by Crippen LogP contribution is -2.47. The lowest BCUT2D eigenvalue weighted by molar-refractivity contribution is -0.140. The molecule has 0 saturated carbocycles. The highest BCUT2D eigenvalue weighted by molar-refractivity contribution is 7.09. The van der Waals surface area contributed by atoms with Gasteiger partial charge in [-0.25, -0.2) is 4.79 Å². The number of amides is 2. The second-order valence-electron chi connectivity index (χ2n) is 4.02. The number of thiophene rings is 1. The summed E-state index contributed by atoms with van der Waals surface area (Å²) < 4.78 is 0. The third kappa shape index (κ3) is 4.88. The van der Waals surface area contributed by atoms with Gasteiger partial charge in [0.2, 0.25) is 0 Å². The van der Waals surface area contributed by atoms with Gasteiger partial charge in [-0.3, -0.25) is 9.59 Å². The number of carboxylic acids is 2. The van der Waals surface area contributed by atoms with Crippen LogP contribution in [0.4, 0.5) is 4.79 Å². The van der Waals surface area contributed by atoms with Crippen molar-refractivity contribution >= 4 is 29.3 Å². The van der Waals surface area contributed by atoms with Gasteiger partial charge in [-0.15, -0.1) is 11.3 Å². The van der Waals surface area contributed by atoms with Gasteiger partial charge in [0.25, 0.3) is 0 Å². The van der Waals surface area contributed by atoms with Crippen LogP contribution in [-0.4, -0.2) is 57.6 Å². The Morgan fingerprint density at radius 1 is 1.15 bits per heavy atom. The first-order valence-electron chi connectivity index (χ1n) is 5.93. The molecular formula is C12H16N2O5S. The fourth-order valence-corrected chi connectivity index (χ4v) is 2.34. The summed E-state index contributed by atoms with van der Waals surface area (Å²) in [6, 6.07) is 3.12. The molecule has 0 aliphatic heterocycles. The lowest BCUT2D eigenvalue weighted by atomic mass is 10.4. The minimum absolute atomic E-state index is 0.336. The van der Waals surface area contributed by atoms with Crippen molar-refractivity contribution in [2.45, 2.75) is 13.5 Å². The smallest absolute Gasteiger partial charge is 0.323 e. The number of carbonyl (C=O) groups excluding carboxylic acids is 1. The molecule has 2 N–H and O–H groups in total. The molecule has 0 saturated heterocycles. The molecule has 0 radical (unpaired) electrons. The van der Waals surface area contributed by atoms with Crippen LogP contribution in [0.25, 0.3) is 0 Å². The minimum Gasteiger partial charge on any atom is -0.480 e. The first-order valence-corrected chi connectivity index (χ1v) is 6.81. The van der Waals surface area contributed by atoms with E-state index in [1.165, 1.54) is 16.2 Å². The molecule has 0 bridgehead atoms. The average molecular weight is 300 g/mol. The summed E-state index contributed by atoms with van der Waals surface area (Å²) in [5.74, 6) is -2.49. The highest BCUT2D eigenvalue weighted by Gasteiger charge is 2.24. The highest BCUT2D eigenvalue weighted by Crippen LogP contribution is 2.13. The Labute approximate surface area is 120 Å². The van der Waals surface area contributed by atoms with Crippen LogP contribution in [0.5, 0.6) is 0 Å². The second-order valence-corrected chi connectivity index (χ2v) is 5.05. The van der Waals surface area contributed by atoms with Crippen LogP contribution < -0.4 is 0 Å². The Kier molecular flexibility index (Phi) is 5.98. The second kappa shape index (κ2) is 7.49. The number of hydrogen-bond acceptors (Lipinski definition) is 4. The summed E-state index contributed by atoms with van der Waals surface area (Å²) in [6.07, 6.45) is 0. The number of carboxylic acid groups (broad SMARTS) is 2. The summed E-state index contributed by atoms with van der Waals surface area (Å²) in [5.41, 5.74) is 0. The molecule has 20 heavy (non-hydrogen) atoms. The normalized spacial score (nSPS) is 10.1. The van der Waals surface area contributed by atoms with E-state index in [1.807, 2.05) is 17.5 Å². The fourth-order valence-electron chi connectivity index (χ4n) is 1.62. The largest absolute Gasteiger partial charge is 0.480 e. The standard InChI is InChI=1S/C12H16N2O5S/c1-2-13(6-9-4-3-5-20-9)12(19)14(7-10(15)16)8-11(17)18/h3-5H,2,6-8H2,1H3,(H,15,16)(H,17,18). The van der Waals surface area contributed by atoms with Crippen molar-refractivity contribution in [2.24, 2.45) is 0 Å². The number of rotatable bonds is 7. The first kappa shape index (κ1) is 16.0. The third-order valence-electron chi connectivity index (χ3n) is 2.50. The maximum Gasteiger partial charge on any atom is 0.323 e. The van der Waals surface area contributed by atoms with Crippen molar-refractivity contribution in [3.63, 3.8) is 0 Å². The van der Waals surface area contributed by atoms with E-state index in [4.69, 9.17) is 10.2 Å². The predicted octanol–water partition coefficient (Wildman–Crippen LogP) is 1.16. The molecule has 1 rings (SSSR count). The van der Waals surface area contributed by atoms with Crippen LogP contribution >= 0.6 is 11.3 Å². The summed E-state index contributed by atoms with van der Waals surface area (Å²) in [5, 5.41) is 19.4. The van der Waals surface area contributed by atoms with Gasteiger partial charge in [0, 0.05) is 11.4 Å². The van der Waals surface area contributed by atoms with E-state index >= 15 is 0 Å². The van der Waals surface area contributed by atoms with Crippen LogP contribution in [-0.2, 0) is 16.1 Å². The molecule has 2 amide bonds. The van der Waals surface area contributed by atoms with Crippen LogP contribution in [0, 0.1) is 0 Å². The Hall–Kier alpha value is -2.09. The highest BCUT2D eigenvalue weighted by atomic mass is 32.1. The quantitative estimate of drug-likeness (QED) is 0.787. The number of aliphatic carboxylic acids is 2. The van der Waals surface area contributed by atoms with E-state index in [0.29, 0.717) is 13.1 Å². The molecule has 0 aromatic carbocycles. The SMILES string of the molecule is CCN(Cc1cccs1)C(=O)N(CC(=O)O)CC(=O)O. The van der Waals surface area contributed by atoms with Gasteiger partial charge >= 0.3 is 18.0 Å². The predicted molar refractivity (Wildman–Crippen MR) is 72.6 cm³/mol. The number of urea groups is 1. The van der Waals surface area contributed by atoms with E-state index in [1.54, 1.807) is 6.92 Å². The van der Waals surface area contributed by atoms with Crippen molar-refractivity contribution in [3.05, 3.63) is 22.4 Å². The average Bonchev–Trinajstić information content (AvgIpc) is 2.86. The molecule has 110 valence electrons. The molecule has 0 aliphatic rings. The maximum atomic E-state index is 12.2. The molecule has 0 spiro atoms. The summed E-state index contributed by atoms with van der Waals surface area (Å²) in [4.78, 5) is 36.8. The Bertz CT molecular complexity index is 458. The maximum absolute atomic E-state index is 12.2. The van der Waals surface area contributed by atoms with Gasteiger partial charge in [-0.2, -0.15) is 0 Å². The number of hydrogen-bond donors (Lipinski definition) is 2. The zero-order valence-electron chi connectivity index (χ0n) is 11.0. The van der Waals surface area contributed by atoms with E-state index in [9.17, 15) is 14.4 Å². The first-order chi connectivity index (χ1) is 9.43. The topological polar surface area (TPSA) is 98.2 Å². The molecular weight excluding hydrogens is 284 g/mol. The number of nitrogens with zero attached hydrogens (tertiary/aromatic N) is 2. The van der Waals surface area contributed by atoms with E-state index in [2.05, 4.69) is 0 Å². The van der Waals surface area contributed by atoms with Crippen molar-refractivity contribution in [1.29, 1.82) is 0 Å². The van der Waals surface area contributed by atoms with Crippen LogP contribution in [0.3, 0.4) is 0 Å².